The van der Waals surface area contributed by atoms with E-state index in [1.807, 2.05) is 20.8 Å². The Hall–Kier alpha value is -4.28. The maximum Gasteiger partial charge on any atom is 0.411 e. The van der Waals surface area contributed by atoms with Gasteiger partial charge in [0.25, 0.3) is 0 Å². The fourth-order valence-corrected chi connectivity index (χ4v) is 4.93. The van der Waals surface area contributed by atoms with Crippen LogP contribution in [0.2, 0.25) is 0 Å². The first-order valence-electron chi connectivity index (χ1n) is 14.1. The molecule has 0 spiro atoms. The van der Waals surface area contributed by atoms with Gasteiger partial charge in [-0.15, -0.1) is 0 Å². The van der Waals surface area contributed by atoms with E-state index in [-0.39, 0.29) is 42.2 Å². The van der Waals surface area contributed by atoms with Gasteiger partial charge in [0.1, 0.15) is 28.5 Å². The Morgan fingerprint density at radius 3 is 2.40 bits per heavy atom. The zero-order chi connectivity index (χ0) is 30.4. The number of rotatable bonds is 8. The Balaban J connectivity index is 1.41. The average molecular weight is 581 g/mol. The SMILES string of the molecule is Cc1nc(-c2onc(C)c2NC(=O)OCCc2ccccc2F)ccc1NC(=O)[C@@H]1CCCC[C@H]1C(=O)OC(C)(C)C. The first kappa shape index (κ1) is 30.7. The summed E-state index contributed by atoms with van der Waals surface area (Å²) in [7, 11) is 0. The summed E-state index contributed by atoms with van der Waals surface area (Å²) in [6.07, 6.45) is 2.42. The summed E-state index contributed by atoms with van der Waals surface area (Å²) in [6, 6.07) is 9.63. The van der Waals surface area contributed by atoms with E-state index in [0.29, 0.717) is 41.2 Å². The van der Waals surface area contributed by atoms with Gasteiger partial charge in [-0.25, -0.2) is 14.2 Å². The number of aromatic nitrogens is 2. The molecule has 2 atom stereocenters. The van der Waals surface area contributed by atoms with Gasteiger partial charge in [0.15, 0.2) is 0 Å². The number of carbonyl (C=O) groups excluding carboxylic acids is 3. The summed E-state index contributed by atoms with van der Waals surface area (Å²) in [5.74, 6) is -1.73. The Labute approximate surface area is 244 Å². The first-order valence-corrected chi connectivity index (χ1v) is 14.1. The minimum absolute atomic E-state index is 0.0199. The molecular weight excluding hydrogens is 543 g/mol. The van der Waals surface area contributed by atoms with Crippen LogP contribution in [0.4, 0.5) is 20.6 Å². The molecule has 2 aromatic heterocycles. The van der Waals surface area contributed by atoms with E-state index in [9.17, 15) is 18.8 Å². The number of benzene rings is 1. The monoisotopic (exact) mass is 580 g/mol. The van der Waals surface area contributed by atoms with E-state index in [1.165, 1.54) is 6.07 Å². The van der Waals surface area contributed by atoms with Crippen molar-refractivity contribution in [2.24, 2.45) is 11.8 Å². The zero-order valence-corrected chi connectivity index (χ0v) is 24.6. The van der Waals surface area contributed by atoms with Crippen LogP contribution in [0.15, 0.2) is 40.9 Å². The van der Waals surface area contributed by atoms with Crippen molar-refractivity contribution in [3.05, 3.63) is 59.2 Å². The molecule has 0 radical (unpaired) electrons. The topological polar surface area (TPSA) is 133 Å². The lowest BCUT2D eigenvalue weighted by Crippen LogP contribution is -2.39. The van der Waals surface area contributed by atoms with Crippen molar-refractivity contribution in [1.82, 2.24) is 10.1 Å². The number of carbonyl (C=O) groups is 3. The maximum absolute atomic E-state index is 13.8. The van der Waals surface area contributed by atoms with Crippen LogP contribution in [0.5, 0.6) is 0 Å². The molecule has 0 aliphatic heterocycles. The predicted octanol–water partition coefficient (Wildman–Crippen LogP) is 6.37. The molecule has 224 valence electrons. The number of aryl methyl sites for hydroxylation is 2. The highest BCUT2D eigenvalue weighted by atomic mass is 19.1. The van der Waals surface area contributed by atoms with Gasteiger partial charge in [0.2, 0.25) is 11.7 Å². The van der Waals surface area contributed by atoms with E-state index in [1.54, 1.807) is 44.2 Å². The highest BCUT2D eigenvalue weighted by Crippen LogP contribution is 2.34. The van der Waals surface area contributed by atoms with E-state index in [2.05, 4.69) is 20.8 Å². The van der Waals surface area contributed by atoms with Crippen LogP contribution in [0.1, 0.15) is 63.4 Å². The molecule has 11 heteroatoms. The number of hydrogen-bond donors (Lipinski definition) is 2. The molecule has 2 amide bonds. The lowest BCUT2D eigenvalue weighted by Gasteiger charge is -2.31. The third kappa shape index (κ3) is 7.71. The van der Waals surface area contributed by atoms with Crippen LogP contribution < -0.4 is 10.6 Å². The molecule has 0 unspecified atom stereocenters. The summed E-state index contributed by atoms with van der Waals surface area (Å²) in [5, 5.41) is 9.51. The largest absolute Gasteiger partial charge is 0.460 e. The van der Waals surface area contributed by atoms with Gasteiger partial charge < -0.3 is 19.3 Å². The van der Waals surface area contributed by atoms with Gasteiger partial charge in [0, 0.05) is 6.42 Å². The number of hydrogen-bond acceptors (Lipinski definition) is 8. The summed E-state index contributed by atoms with van der Waals surface area (Å²) in [6.45, 7) is 8.82. The first-order chi connectivity index (χ1) is 19.9. The molecule has 0 saturated heterocycles. The van der Waals surface area contributed by atoms with Crippen LogP contribution in [0.3, 0.4) is 0 Å². The number of anilines is 2. The van der Waals surface area contributed by atoms with Crippen LogP contribution in [0, 0.1) is 31.5 Å². The second kappa shape index (κ2) is 13.1. The highest BCUT2D eigenvalue weighted by Gasteiger charge is 2.38. The standard InChI is InChI=1S/C31H37FN4O6/c1-18-24(34-28(37)21-11-7-8-12-22(21)29(38)41-31(3,4)5)14-15-25(33-18)27-26(19(2)36-42-27)35-30(39)40-17-16-20-10-6-9-13-23(20)32/h6,9-10,13-15,21-22H,7-8,11-12,16-17H2,1-5H3,(H,34,37)(H,35,39)/t21-,22-/m1/s1. The van der Waals surface area contributed by atoms with Crippen LogP contribution in [-0.4, -0.2) is 40.3 Å². The lowest BCUT2D eigenvalue weighted by molar-refractivity contribution is -0.164. The van der Waals surface area contributed by atoms with Gasteiger partial charge in [-0.2, -0.15) is 0 Å². The summed E-state index contributed by atoms with van der Waals surface area (Å²) in [4.78, 5) is 43.1. The molecule has 42 heavy (non-hydrogen) atoms. The Morgan fingerprint density at radius 1 is 1.00 bits per heavy atom. The van der Waals surface area contributed by atoms with Crippen molar-refractivity contribution in [1.29, 1.82) is 0 Å². The second-order valence-electron chi connectivity index (χ2n) is 11.4. The summed E-state index contributed by atoms with van der Waals surface area (Å²) >= 11 is 0. The van der Waals surface area contributed by atoms with Crippen molar-refractivity contribution in [3.8, 4) is 11.5 Å². The molecule has 3 aromatic rings. The summed E-state index contributed by atoms with van der Waals surface area (Å²) < 4.78 is 30.1. The quantitative estimate of drug-likeness (QED) is 0.294. The molecule has 0 bridgehead atoms. The number of esters is 1. The number of halogens is 1. The Bertz CT molecular complexity index is 1450. The second-order valence-corrected chi connectivity index (χ2v) is 11.4. The molecule has 1 saturated carbocycles. The van der Waals surface area contributed by atoms with Gasteiger partial charge in [-0.05, 0) is 71.2 Å². The molecule has 1 aliphatic rings. The number of amides is 2. The number of ether oxygens (including phenoxy) is 2. The van der Waals surface area contributed by atoms with E-state index >= 15 is 0 Å². The number of nitrogens with one attached hydrogen (secondary N) is 2. The van der Waals surface area contributed by atoms with Crippen LogP contribution in [0.25, 0.3) is 11.5 Å². The minimum Gasteiger partial charge on any atom is -0.460 e. The zero-order valence-electron chi connectivity index (χ0n) is 24.6. The van der Waals surface area contributed by atoms with Crippen LogP contribution >= 0.6 is 0 Å². The van der Waals surface area contributed by atoms with Crippen molar-refractivity contribution in [2.45, 2.75) is 72.3 Å². The van der Waals surface area contributed by atoms with Gasteiger partial charge >= 0.3 is 12.1 Å². The van der Waals surface area contributed by atoms with E-state index in [0.717, 1.165) is 12.8 Å². The smallest absolute Gasteiger partial charge is 0.411 e. The van der Waals surface area contributed by atoms with Crippen molar-refractivity contribution in [2.75, 3.05) is 17.2 Å². The average Bonchev–Trinajstić information content (AvgIpc) is 3.29. The Morgan fingerprint density at radius 2 is 1.71 bits per heavy atom. The van der Waals surface area contributed by atoms with Gasteiger partial charge in [-0.1, -0.05) is 36.2 Å². The third-order valence-corrected chi connectivity index (χ3v) is 7.04. The van der Waals surface area contributed by atoms with E-state index < -0.39 is 23.5 Å². The van der Waals surface area contributed by atoms with Crippen molar-refractivity contribution >= 4 is 29.3 Å². The maximum atomic E-state index is 13.8. The minimum atomic E-state index is -0.744. The molecule has 2 heterocycles. The van der Waals surface area contributed by atoms with Crippen LogP contribution in [-0.2, 0) is 25.5 Å². The molecule has 1 aromatic carbocycles. The molecule has 1 fully saturated rings. The van der Waals surface area contributed by atoms with Crippen molar-refractivity contribution < 1.29 is 32.8 Å². The number of pyridine rings is 1. The van der Waals surface area contributed by atoms with E-state index in [4.69, 9.17) is 14.0 Å². The van der Waals surface area contributed by atoms with Crippen molar-refractivity contribution in [3.63, 3.8) is 0 Å². The molecular formula is C31H37FN4O6. The normalized spacial score (nSPS) is 16.9. The lowest BCUT2D eigenvalue weighted by atomic mass is 9.78. The Kier molecular flexibility index (Phi) is 9.59. The highest BCUT2D eigenvalue weighted by molar-refractivity contribution is 5.96. The third-order valence-electron chi connectivity index (χ3n) is 7.04. The fourth-order valence-electron chi connectivity index (χ4n) is 4.93. The predicted molar refractivity (Wildman–Crippen MR) is 154 cm³/mol. The summed E-state index contributed by atoms with van der Waals surface area (Å²) in [5.41, 5.74) is 1.92. The van der Waals surface area contributed by atoms with Gasteiger partial charge in [0.05, 0.1) is 29.8 Å². The number of nitrogens with zero attached hydrogens (tertiary/aromatic N) is 2. The molecule has 10 nitrogen and oxygen atoms in total. The molecule has 2 N–H and O–H groups in total. The molecule has 1 aliphatic carbocycles. The fraction of sp³-hybridized carbons (Fsp3) is 0.452. The molecule has 4 rings (SSSR count). The van der Waals surface area contributed by atoms with Gasteiger partial charge in [-0.3, -0.25) is 14.9 Å².